The molecule has 6 nitrogen and oxygen atoms in total. The van der Waals surface area contributed by atoms with Crippen LogP contribution in [0.3, 0.4) is 0 Å². The number of rotatable bonds is 6. The molecule has 0 fully saturated rings. The Labute approximate surface area is 192 Å². The predicted octanol–water partition coefficient (Wildman–Crippen LogP) is 4.33. The second kappa shape index (κ2) is 9.18. The third-order valence-electron chi connectivity index (χ3n) is 4.73. The molecule has 3 N–H and O–H groups in total. The van der Waals surface area contributed by atoms with Crippen LogP contribution in [0.25, 0.3) is 21.7 Å². The van der Waals surface area contributed by atoms with Crippen molar-refractivity contribution in [2.45, 2.75) is 11.4 Å². The van der Waals surface area contributed by atoms with Crippen molar-refractivity contribution in [2.75, 3.05) is 0 Å². The van der Waals surface area contributed by atoms with E-state index in [0.29, 0.717) is 27.3 Å². The third-order valence-corrected chi connectivity index (χ3v) is 6.76. The summed E-state index contributed by atoms with van der Waals surface area (Å²) in [7, 11) is -3.86. The molecule has 0 saturated carbocycles. The van der Waals surface area contributed by atoms with E-state index in [9.17, 15) is 22.0 Å². The maximum absolute atomic E-state index is 13.4. The monoisotopic (exact) mass is 485 g/mol. The highest BCUT2D eigenvalue weighted by Crippen LogP contribution is 2.37. The van der Waals surface area contributed by atoms with Gasteiger partial charge in [-0.25, -0.2) is 27.3 Å². The van der Waals surface area contributed by atoms with Crippen LogP contribution in [0.15, 0.2) is 77.7 Å². The molecule has 0 unspecified atom stereocenters. The summed E-state index contributed by atoms with van der Waals surface area (Å²) >= 11 is 1.10. The van der Waals surface area contributed by atoms with Gasteiger partial charge >= 0.3 is 0 Å². The molecule has 0 aliphatic carbocycles. The second-order valence-electron chi connectivity index (χ2n) is 7.09. The number of nitrogens with zero attached hydrogens (tertiary/aromatic N) is 1. The molecule has 1 aromatic heterocycles. The summed E-state index contributed by atoms with van der Waals surface area (Å²) in [4.78, 5) is 17.8. The van der Waals surface area contributed by atoms with Gasteiger partial charge in [-0.1, -0.05) is 24.3 Å². The fraction of sp³-hybridized carbons (Fsp3) is 0.0435. The molecule has 1 heterocycles. The molecule has 0 saturated heterocycles. The minimum absolute atomic E-state index is 0.0489. The third kappa shape index (κ3) is 5.30. The van der Waals surface area contributed by atoms with E-state index in [0.717, 1.165) is 11.3 Å². The standard InChI is InChI=1S/C23H17F2N3O3S2/c24-17-8-4-15(5-9-17)20-21(16-6-10-19(11-7-16)33(26,30)31)32-23(28-20)22(29)27-13-14-2-1-3-18(25)12-14/h1-12H,13H2,(H,27,29)(H2,26,30,31). The Morgan fingerprint density at radius 1 is 0.939 bits per heavy atom. The summed E-state index contributed by atoms with van der Waals surface area (Å²) in [6, 6.07) is 17.4. The van der Waals surface area contributed by atoms with Gasteiger partial charge in [-0.2, -0.15) is 0 Å². The van der Waals surface area contributed by atoms with E-state index in [1.165, 1.54) is 36.4 Å². The van der Waals surface area contributed by atoms with Gasteiger partial charge in [-0.05, 0) is 59.7 Å². The van der Waals surface area contributed by atoms with Crippen LogP contribution in [-0.2, 0) is 16.6 Å². The lowest BCUT2D eigenvalue weighted by molar-refractivity contribution is 0.0950. The normalized spacial score (nSPS) is 11.4. The number of thiazole rings is 1. The number of carbonyl (C=O) groups is 1. The summed E-state index contributed by atoms with van der Waals surface area (Å²) < 4.78 is 49.9. The van der Waals surface area contributed by atoms with Crippen LogP contribution in [0.1, 0.15) is 15.4 Å². The average molecular weight is 486 g/mol. The molecule has 3 aromatic carbocycles. The Bertz CT molecular complexity index is 1420. The number of primary sulfonamides is 1. The highest BCUT2D eigenvalue weighted by atomic mass is 32.2. The van der Waals surface area contributed by atoms with E-state index in [-0.39, 0.29) is 16.4 Å². The number of benzene rings is 3. The zero-order valence-electron chi connectivity index (χ0n) is 17.0. The molecular weight excluding hydrogens is 468 g/mol. The molecule has 4 aromatic rings. The molecule has 0 atom stereocenters. The van der Waals surface area contributed by atoms with E-state index in [4.69, 9.17) is 5.14 Å². The number of amides is 1. The summed E-state index contributed by atoms with van der Waals surface area (Å²) in [5.74, 6) is -1.28. The molecule has 0 aliphatic rings. The first-order valence-corrected chi connectivity index (χ1v) is 12.0. The maximum atomic E-state index is 13.4. The van der Waals surface area contributed by atoms with Gasteiger partial charge in [0.2, 0.25) is 10.0 Å². The Hall–Kier alpha value is -3.47. The highest BCUT2D eigenvalue weighted by molar-refractivity contribution is 7.89. The van der Waals surface area contributed by atoms with Gasteiger partial charge in [0.15, 0.2) is 5.01 Å². The quantitative estimate of drug-likeness (QED) is 0.424. The number of nitrogens with two attached hydrogens (primary N) is 1. The zero-order chi connectivity index (χ0) is 23.6. The molecule has 10 heteroatoms. The van der Waals surface area contributed by atoms with E-state index in [2.05, 4.69) is 10.3 Å². The van der Waals surface area contributed by atoms with Crippen molar-refractivity contribution in [3.63, 3.8) is 0 Å². The molecule has 33 heavy (non-hydrogen) atoms. The molecule has 0 radical (unpaired) electrons. The van der Waals surface area contributed by atoms with Crippen LogP contribution in [0.2, 0.25) is 0 Å². The van der Waals surface area contributed by atoms with Gasteiger partial charge in [0.05, 0.1) is 15.5 Å². The maximum Gasteiger partial charge on any atom is 0.280 e. The minimum atomic E-state index is -3.86. The SMILES string of the molecule is NS(=O)(=O)c1ccc(-c2sc(C(=O)NCc3cccc(F)c3)nc2-c2ccc(F)cc2)cc1. The predicted molar refractivity (Wildman–Crippen MR) is 122 cm³/mol. The van der Waals surface area contributed by atoms with Gasteiger partial charge < -0.3 is 5.32 Å². The van der Waals surface area contributed by atoms with Crippen molar-refractivity contribution in [3.05, 3.63) is 95.0 Å². The Morgan fingerprint density at radius 3 is 2.24 bits per heavy atom. The van der Waals surface area contributed by atoms with E-state index in [1.54, 1.807) is 36.4 Å². The van der Waals surface area contributed by atoms with Crippen molar-refractivity contribution < 1.29 is 22.0 Å². The number of hydrogen-bond acceptors (Lipinski definition) is 5. The number of halogens is 2. The average Bonchev–Trinajstić information content (AvgIpc) is 3.23. The Morgan fingerprint density at radius 2 is 1.61 bits per heavy atom. The van der Waals surface area contributed by atoms with E-state index < -0.39 is 27.6 Å². The Kier molecular flexibility index (Phi) is 6.32. The second-order valence-corrected chi connectivity index (χ2v) is 9.65. The van der Waals surface area contributed by atoms with Gasteiger partial charge in [0.25, 0.3) is 5.91 Å². The fourth-order valence-electron chi connectivity index (χ4n) is 3.12. The van der Waals surface area contributed by atoms with Gasteiger partial charge in [0, 0.05) is 12.1 Å². The number of carbonyl (C=O) groups excluding carboxylic acids is 1. The van der Waals surface area contributed by atoms with E-state index >= 15 is 0 Å². The first kappa shape index (κ1) is 22.7. The van der Waals surface area contributed by atoms with Crippen molar-refractivity contribution in [2.24, 2.45) is 5.14 Å². The van der Waals surface area contributed by atoms with Gasteiger partial charge in [-0.3, -0.25) is 4.79 Å². The zero-order valence-corrected chi connectivity index (χ0v) is 18.6. The van der Waals surface area contributed by atoms with Crippen LogP contribution >= 0.6 is 11.3 Å². The van der Waals surface area contributed by atoms with Crippen molar-refractivity contribution >= 4 is 27.3 Å². The lowest BCUT2D eigenvalue weighted by atomic mass is 10.1. The van der Waals surface area contributed by atoms with Crippen LogP contribution in [-0.4, -0.2) is 19.3 Å². The van der Waals surface area contributed by atoms with Crippen molar-refractivity contribution in [3.8, 4) is 21.7 Å². The van der Waals surface area contributed by atoms with Crippen LogP contribution in [0.5, 0.6) is 0 Å². The number of sulfonamides is 1. The molecule has 1 amide bonds. The first-order valence-electron chi connectivity index (χ1n) is 9.63. The Balaban J connectivity index is 1.69. The van der Waals surface area contributed by atoms with Crippen LogP contribution in [0, 0.1) is 11.6 Å². The van der Waals surface area contributed by atoms with Crippen LogP contribution < -0.4 is 10.5 Å². The van der Waals surface area contributed by atoms with E-state index in [1.807, 2.05) is 0 Å². The molecule has 4 rings (SSSR count). The van der Waals surface area contributed by atoms with Gasteiger partial charge in [-0.15, -0.1) is 11.3 Å². The summed E-state index contributed by atoms with van der Waals surface area (Å²) in [5, 5.41) is 8.03. The number of aromatic nitrogens is 1. The lowest BCUT2D eigenvalue weighted by Gasteiger charge is -2.04. The molecular formula is C23H17F2N3O3S2. The summed E-state index contributed by atoms with van der Waals surface area (Å²) in [5.41, 5.74) is 2.24. The number of hydrogen-bond donors (Lipinski definition) is 2. The van der Waals surface area contributed by atoms with Crippen LogP contribution in [0.4, 0.5) is 8.78 Å². The first-order chi connectivity index (χ1) is 15.7. The minimum Gasteiger partial charge on any atom is -0.346 e. The lowest BCUT2D eigenvalue weighted by Crippen LogP contribution is -2.22. The molecule has 0 aliphatic heterocycles. The summed E-state index contributed by atoms with van der Waals surface area (Å²) in [6.45, 7) is 0.112. The van der Waals surface area contributed by atoms with Crippen molar-refractivity contribution in [1.29, 1.82) is 0 Å². The fourth-order valence-corrected chi connectivity index (χ4v) is 4.64. The topological polar surface area (TPSA) is 102 Å². The van der Waals surface area contributed by atoms with Crippen molar-refractivity contribution in [1.82, 2.24) is 10.3 Å². The molecule has 0 spiro atoms. The molecule has 168 valence electrons. The van der Waals surface area contributed by atoms with Gasteiger partial charge in [0.1, 0.15) is 11.6 Å². The smallest absolute Gasteiger partial charge is 0.280 e. The highest BCUT2D eigenvalue weighted by Gasteiger charge is 2.20. The largest absolute Gasteiger partial charge is 0.346 e. The number of nitrogens with one attached hydrogen (secondary N) is 1. The summed E-state index contributed by atoms with van der Waals surface area (Å²) in [6.07, 6.45) is 0. The molecule has 0 bridgehead atoms.